The van der Waals surface area contributed by atoms with Gasteiger partial charge in [-0.15, -0.1) is 0 Å². The van der Waals surface area contributed by atoms with Crippen LogP contribution in [0.4, 0.5) is 0 Å². The van der Waals surface area contributed by atoms with Crippen molar-refractivity contribution in [2.24, 2.45) is 5.92 Å². The molecule has 0 aromatic heterocycles. The highest BCUT2D eigenvalue weighted by Gasteiger charge is 2.29. The van der Waals surface area contributed by atoms with Crippen LogP contribution in [0, 0.1) is 5.92 Å². The minimum atomic E-state index is -0.722. The largest absolute Gasteiger partial charge is 0.347 e. The normalized spacial score (nSPS) is 15.7. The van der Waals surface area contributed by atoms with E-state index in [1.807, 2.05) is 13.8 Å². The van der Waals surface area contributed by atoms with Crippen LogP contribution in [0.25, 0.3) is 0 Å². The number of amides is 2. The van der Waals surface area contributed by atoms with Crippen LogP contribution < -0.4 is 0 Å². The van der Waals surface area contributed by atoms with Gasteiger partial charge >= 0.3 is 5.97 Å². The molecule has 0 saturated carbocycles. The third kappa shape index (κ3) is 4.64. The molecule has 21 heavy (non-hydrogen) atoms. The molecule has 0 bridgehead atoms. The molecule has 0 saturated heterocycles. The molecule has 0 spiro atoms. The number of carbonyl (C=O) groups is 3. The Kier molecular flexibility index (Phi) is 5.62. The molecular formula is C14H21NO6. The average Bonchev–Trinajstić information content (AvgIpc) is 2.61. The number of hydrogen-bond acceptors (Lipinski definition) is 6. The number of imide groups is 1. The fourth-order valence-electron chi connectivity index (χ4n) is 1.33. The highest BCUT2D eigenvalue weighted by Crippen LogP contribution is 2.20. The Labute approximate surface area is 123 Å². The molecular weight excluding hydrogens is 278 g/mol. The molecule has 1 aliphatic heterocycles. The summed E-state index contributed by atoms with van der Waals surface area (Å²) in [4.78, 5) is 44.9. The highest BCUT2D eigenvalue weighted by atomic mass is 17.5. The van der Waals surface area contributed by atoms with Crippen LogP contribution in [0.5, 0.6) is 0 Å². The quantitative estimate of drug-likeness (QED) is 0.403. The SMILES string of the molecule is CC1=CC(=O)N(CCC(=O)OOOC(C)(C)C(C)C)C1=O. The topological polar surface area (TPSA) is 82.1 Å². The van der Waals surface area contributed by atoms with Gasteiger partial charge in [0.25, 0.3) is 11.8 Å². The van der Waals surface area contributed by atoms with E-state index in [9.17, 15) is 14.4 Å². The summed E-state index contributed by atoms with van der Waals surface area (Å²) in [5.41, 5.74) is -0.256. The molecule has 118 valence electrons. The number of nitrogens with zero attached hydrogens (tertiary/aromatic N) is 1. The summed E-state index contributed by atoms with van der Waals surface area (Å²) in [6, 6.07) is 0. The van der Waals surface area contributed by atoms with Gasteiger partial charge < -0.3 is 0 Å². The first-order chi connectivity index (χ1) is 9.65. The predicted octanol–water partition coefficient (Wildman–Crippen LogP) is 1.53. The van der Waals surface area contributed by atoms with Crippen molar-refractivity contribution < 1.29 is 29.2 Å². The third-order valence-electron chi connectivity index (χ3n) is 3.49. The van der Waals surface area contributed by atoms with Gasteiger partial charge in [-0.1, -0.05) is 13.8 Å². The Balaban J connectivity index is 2.30. The Hall–Kier alpha value is -1.73. The van der Waals surface area contributed by atoms with Crippen molar-refractivity contribution in [3.8, 4) is 0 Å². The van der Waals surface area contributed by atoms with E-state index >= 15 is 0 Å². The number of rotatable bonds is 7. The average molecular weight is 299 g/mol. The van der Waals surface area contributed by atoms with Crippen LogP contribution in [0.1, 0.15) is 41.0 Å². The molecule has 0 radical (unpaired) electrons. The van der Waals surface area contributed by atoms with E-state index in [-0.39, 0.29) is 18.9 Å². The van der Waals surface area contributed by atoms with Crippen molar-refractivity contribution >= 4 is 17.8 Å². The van der Waals surface area contributed by atoms with Crippen LogP contribution in [0.3, 0.4) is 0 Å². The number of hydrogen-bond donors (Lipinski definition) is 0. The maximum absolute atomic E-state index is 11.6. The minimum Gasteiger partial charge on any atom is -0.275 e. The molecule has 0 atom stereocenters. The van der Waals surface area contributed by atoms with Crippen LogP contribution in [-0.2, 0) is 29.2 Å². The first-order valence-corrected chi connectivity index (χ1v) is 6.74. The third-order valence-corrected chi connectivity index (χ3v) is 3.49. The highest BCUT2D eigenvalue weighted by molar-refractivity contribution is 6.15. The number of carbonyl (C=O) groups excluding carboxylic acids is 3. The molecule has 0 aliphatic carbocycles. The minimum absolute atomic E-state index is 0.0543. The van der Waals surface area contributed by atoms with Gasteiger partial charge in [0.1, 0.15) is 5.60 Å². The molecule has 7 heteroatoms. The predicted molar refractivity (Wildman–Crippen MR) is 72.3 cm³/mol. The van der Waals surface area contributed by atoms with E-state index in [2.05, 4.69) is 9.93 Å². The summed E-state index contributed by atoms with van der Waals surface area (Å²) < 4.78 is 0. The van der Waals surface area contributed by atoms with E-state index in [1.165, 1.54) is 6.08 Å². The molecule has 0 aromatic carbocycles. The van der Waals surface area contributed by atoms with Crippen LogP contribution >= 0.6 is 0 Å². The molecule has 2 amide bonds. The van der Waals surface area contributed by atoms with E-state index < -0.39 is 23.4 Å². The molecule has 0 N–H and O–H groups in total. The summed E-state index contributed by atoms with van der Waals surface area (Å²) in [5, 5.41) is 4.46. The Morgan fingerprint density at radius 3 is 2.43 bits per heavy atom. The van der Waals surface area contributed by atoms with Gasteiger partial charge in [-0.05, 0) is 31.7 Å². The van der Waals surface area contributed by atoms with Crippen molar-refractivity contribution in [2.75, 3.05) is 6.54 Å². The summed E-state index contributed by atoms with van der Waals surface area (Å²) in [7, 11) is 0. The first-order valence-electron chi connectivity index (χ1n) is 6.74. The summed E-state index contributed by atoms with van der Waals surface area (Å²) in [6.07, 6.45) is 1.07. The Morgan fingerprint density at radius 2 is 1.95 bits per heavy atom. The van der Waals surface area contributed by atoms with Crippen LogP contribution in [0.15, 0.2) is 11.6 Å². The van der Waals surface area contributed by atoms with Gasteiger partial charge in [-0.3, -0.25) is 19.4 Å². The van der Waals surface area contributed by atoms with Crippen LogP contribution in [0.2, 0.25) is 0 Å². The lowest BCUT2D eigenvalue weighted by molar-refractivity contribution is -0.520. The molecule has 0 unspecified atom stereocenters. The lowest BCUT2D eigenvalue weighted by atomic mass is 9.95. The van der Waals surface area contributed by atoms with Gasteiger partial charge in [0.2, 0.25) is 0 Å². The first kappa shape index (κ1) is 17.3. The zero-order valence-electron chi connectivity index (χ0n) is 13.0. The smallest absolute Gasteiger partial charge is 0.275 e. The van der Waals surface area contributed by atoms with E-state index in [1.54, 1.807) is 20.8 Å². The molecule has 1 aliphatic rings. The maximum Gasteiger partial charge on any atom is 0.347 e. The van der Waals surface area contributed by atoms with Gasteiger partial charge in [-0.25, -0.2) is 4.79 Å². The molecule has 0 fully saturated rings. The van der Waals surface area contributed by atoms with Gasteiger partial charge in [0, 0.05) is 18.2 Å². The molecule has 7 nitrogen and oxygen atoms in total. The summed E-state index contributed by atoms with van der Waals surface area (Å²) >= 11 is 0. The summed E-state index contributed by atoms with van der Waals surface area (Å²) in [5.74, 6) is -1.39. The monoisotopic (exact) mass is 299 g/mol. The zero-order valence-corrected chi connectivity index (χ0v) is 13.0. The molecule has 1 rings (SSSR count). The van der Waals surface area contributed by atoms with Gasteiger partial charge in [0.15, 0.2) is 0 Å². The fraction of sp³-hybridized carbons (Fsp3) is 0.643. The summed E-state index contributed by atoms with van der Waals surface area (Å²) in [6.45, 7) is 8.95. The fourth-order valence-corrected chi connectivity index (χ4v) is 1.33. The molecule has 1 heterocycles. The lowest BCUT2D eigenvalue weighted by Gasteiger charge is -2.25. The van der Waals surface area contributed by atoms with E-state index in [4.69, 9.17) is 4.89 Å². The standard InChI is InChI=1S/C14H21NO6/c1-9(2)14(4,5)20-21-19-12(17)6-7-15-11(16)8-10(3)13(15)18/h8-9H,6-7H2,1-5H3. The maximum atomic E-state index is 11.6. The second-order valence-electron chi connectivity index (χ2n) is 5.74. The Bertz CT molecular complexity index is 466. The van der Waals surface area contributed by atoms with Crippen molar-refractivity contribution in [3.05, 3.63) is 11.6 Å². The molecule has 0 aromatic rings. The van der Waals surface area contributed by atoms with E-state index in [0.717, 1.165) is 4.90 Å². The zero-order chi connectivity index (χ0) is 16.2. The van der Waals surface area contributed by atoms with Gasteiger partial charge in [-0.2, -0.15) is 4.89 Å². The van der Waals surface area contributed by atoms with E-state index in [0.29, 0.717) is 5.57 Å². The second-order valence-corrected chi connectivity index (χ2v) is 5.74. The van der Waals surface area contributed by atoms with Gasteiger partial charge in [0.05, 0.1) is 6.42 Å². The van der Waals surface area contributed by atoms with Crippen molar-refractivity contribution in [1.29, 1.82) is 0 Å². The second kappa shape index (κ2) is 6.82. The lowest BCUT2D eigenvalue weighted by Crippen LogP contribution is -2.34. The van der Waals surface area contributed by atoms with Crippen LogP contribution in [-0.4, -0.2) is 34.8 Å². The van der Waals surface area contributed by atoms with Crippen molar-refractivity contribution in [2.45, 2.75) is 46.6 Å². The van der Waals surface area contributed by atoms with Crippen molar-refractivity contribution in [1.82, 2.24) is 4.90 Å². The Morgan fingerprint density at radius 1 is 1.33 bits per heavy atom. The van der Waals surface area contributed by atoms with Crippen molar-refractivity contribution in [3.63, 3.8) is 0 Å².